The Bertz CT molecular complexity index is 99.1. The Morgan fingerprint density at radius 3 is 2.44 bits per heavy atom. The van der Waals surface area contributed by atoms with Crippen molar-refractivity contribution in [2.45, 2.75) is 35.8 Å². The quantitative estimate of drug-likeness (QED) is 0.675. The Hall–Kier alpha value is 0.960. The largest absolute Gasteiger partial charge is 0.0837 e. The van der Waals surface area contributed by atoms with Crippen molar-refractivity contribution >= 4 is 31.9 Å². The first-order chi connectivity index (χ1) is 4.17. The van der Waals surface area contributed by atoms with Gasteiger partial charge in [-0.2, -0.15) is 0 Å². The third-order valence-corrected chi connectivity index (χ3v) is 3.80. The molecular formula is C7H12Br2. The van der Waals surface area contributed by atoms with Crippen LogP contribution in [-0.2, 0) is 0 Å². The zero-order valence-corrected chi connectivity index (χ0v) is 8.83. The first-order valence-corrected chi connectivity index (χ1v) is 5.13. The number of rotatable bonds is 3. The molecule has 1 aliphatic rings. The summed E-state index contributed by atoms with van der Waals surface area (Å²) in [5.74, 6) is 0.900. The van der Waals surface area contributed by atoms with E-state index in [1.807, 2.05) is 0 Å². The van der Waals surface area contributed by atoms with Gasteiger partial charge in [0.05, 0.1) is 3.23 Å². The molecule has 1 fully saturated rings. The van der Waals surface area contributed by atoms with Crippen LogP contribution in [0.5, 0.6) is 0 Å². The molecule has 1 atom stereocenters. The summed E-state index contributed by atoms with van der Waals surface area (Å²) in [6, 6.07) is 0. The Labute approximate surface area is 73.7 Å². The monoisotopic (exact) mass is 254 g/mol. The smallest absolute Gasteiger partial charge is 0.0724 e. The van der Waals surface area contributed by atoms with Crippen molar-refractivity contribution in [1.29, 1.82) is 0 Å². The third kappa shape index (κ3) is 2.23. The van der Waals surface area contributed by atoms with E-state index in [1.165, 1.54) is 25.7 Å². The molecule has 0 saturated heterocycles. The van der Waals surface area contributed by atoms with E-state index in [1.54, 1.807) is 0 Å². The van der Waals surface area contributed by atoms with Crippen molar-refractivity contribution in [3.8, 4) is 0 Å². The van der Waals surface area contributed by atoms with Crippen molar-refractivity contribution in [1.82, 2.24) is 0 Å². The summed E-state index contributed by atoms with van der Waals surface area (Å²) in [6.45, 7) is 2.24. The van der Waals surface area contributed by atoms with Gasteiger partial charge in [-0.1, -0.05) is 51.6 Å². The van der Waals surface area contributed by atoms with E-state index in [0.29, 0.717) is 3.23 Å². The Balaban J connectivity index is 2.06. The molecule has 1 saturated carbocycles. The predicted octanol–water partition coefficient (Wildman–Crippen LogP) is 3.68. The van der Waals surface area contributed by atoms with Crippen molar-refractivity contribution in [3.05, 3.63) is 0 Å². The zero-order chi connectivity index (χ0) is 6.91. The molecule has 0 aliphatic heterocycles. The van der Waals surface area contributed by atoms with Gasteiger partial charge < -0.3 is 0 Å². The number of unbranched alkanes of at least 4 members (excludes halogenated alkanes) is 1. The Morgan fingerprint density at radius 1 is 1.56 bits per heavy atom. The summed E-state index contributed by atoms with van der Waals surface area (Å²) < 4.78 is 0.342. The molecule has 0 spiro atoms. The van der Waals surface area contributed by atoms with E-state index in [-0.39, 0.29) is 0 Å². The molecule has 0 N–H and O–H groups in total. The predicted molar refractivity (Wildman–Crippen MR) is 48.2 cm³/mol. The second-order valence-electron chi connectivity index (χ2n) is 2.80. The van der Waals surface area contributed by atoms with Crippen LogP contribution in [0.15, 0.2) is 0 Å². The third-order valence-electron chi connectivity index (χ3n) is 1.86. The van der Waals surface area contributed by atoms with Crippen LogP contribution < -0.4 is 0 Å². The summed E-state index contributed by atoms with van der Waals surface area (Å²) in [4.78, 5) is 0. The highest BCUT2D eigenvalue weighted by Crippen LogP contribution is 2.58. The van der Waals surface area contributed by atoms with Crippen LogP contribution in [0.1, 0.15) is 32.6 Å². The standard InChI is InChI=1S/C7H12Br2/c1-2-3-4-6-5-7(6,8)9/h6H,2-5H2,1H3/t6-/m0/s1. The van der Waals surface area contributed by atoms with E-state index in [9.17, 15) is 0 Å². The molecule has 1 rings (SSSR count). The Morgan fingerprint density at radius 2 is 2.11 bits per heavy atom. The molecule has 2 heteroatoms. The second-order valence-corrected chi connectivity index (χ2v) is 6.70. The summed E-state index contributed by atoms with van der Waals surface area (Å²) in [5.41, 5.74) is 0. The molecule has 0 heterocycles. The molecule has 0 bridgehead atoms. The molecule has 0 aromatic carbocycles. The van der Waals surface area contributed by atoms with Crippen molar-refractivity contribution < 1.29 is 0 Å². The van der Waals surface area contributed by atoms with Gasteiger partial charge in [-0.3, -0.25) is 0 Å². The van der Waals surface area contributed by atoms with Gasteiger partial charge in [-0.25, -0.2) is 0 Å². The van der Waals surface area contributed by atoms with Gasteiger partial charge in [-0.05, 0) is 18.8 Å². The molecule has 0 unspecified atom stereocenters. The summed E-state index contributed by atoms with van der Waals surface area (Å²) in [5, 5.41) is 0. The molecule has 0 radical (unpaired) electrons. The molecule has 54 valence electrons. The van der Waals surface area contributed by atoms with Gasteiger partial charge in [-0.15, -0.1) is 0 Å². The number of halogens is 2. The lowest BCUT2D eigenvalue weighted by molar-refractivity contribution is 0.654. The van der Waals surface area contributed by atoms with Crippen molar-refractivity contribution in [2.75, 3.05) is 0 Å². The van der Waals surface area contributed by atoms with Crippen molar-refractivity contribution in [3.63, 3.8) is 0 Å². The van der Waals surface area contributed by atoms with Crippen LogP contribution >= 0.6 is 31.9 Å². The van der Waals surface area contributed by atoms with Gasteiger partial charge in [0, 0.05) is 0 Å². The average molecular weight is 256 g/mol. The first-order valence-electron chi connectivity index (χ1n) is 3.54. The van der Waals surface area contributed by atoms with Gasteiger partial charge in [0.25, 0.3) is 0 Å². The highest BCUT2D eigenvalue weighted by molar-refractivity contribution is 9.25. The fraction of sp³-hybridized carbons (Fsp3) is 1.00. The zero-order valence-electron chi connectivity index (χ0n) is 5.66. The van der Waals surface area contributed by atoms with Crippen molar-refractivity contribution in [2.24, 2.45) is 5.92 Å². The lowest BCUT2D eigenvalue weighted by atomic mass is 10.2. The van der Waals surface area contributed by atoms with Gasteiger partial charge in [0.15, 0.2) is 0 Å². The topological polar surface area (TPSA) is 0 Å². The minimum Gasteiger partial charge on any atom is -0.0724 e. The van der Waals surface area contributed by atoms with E-state index >= 15 is 0 Å². The summed E-state index contributed by atoms with van der Waals surface area (Å²) in [6.07, 6.45) is 5.40. The first kappa shape index (κ1) is 8.06. The lowest BCUT2D eigenvalue weighted by Crippen LogP contribution is -1.87. The number of hydrogen-bond acceptors (Lipinski definition) is 0. The normalized spacial score (nSPS) is 30.3. The van der Waals surface area contributed by atoms with E-state index in [0.717, 1.165) is 5.92 Å². The fourth-order valence-corrected chi connectivity index (χ4v) is 2.27. The maximum Gasteiger partial charge on any atom is 0.0837 e. The molecule has 0 aromatic heterocycles. The van der Waals surface area contributed by atoms with Crippen LogP contribution in [0.4, 0.5) is 0 Å². The van der Waals surface area contributed by atoms with Gasteiger partial charge in [0.2, 0.25) is 0 Å². The molecule has 0 aromatic rings. The highest BCUT2D eigenvalue weighted by Gasteiger charge is 2.49. The van der Waals surface area contributed by atoms with Crippen LogP contribution in [0.3, 0.4) is 0 Å². The summed E-state index contributed by atoms with van der Waals surface area (Å²) >= 11 is 7.20. The molecule has 0 nitrogen and oxygen atoms in total. The van der Waals surface area contributed by atoms with E-state index in [2.05, 4.69) is 38.8 Å². The average Bonchev–Trinajstić information content (AvgIpc) is 2.35. The molecule has 1 aliphatic carbocycles. The molecule has 9 heavy (non-hydrogen) atoms. The van der Waals surface area contributed by atoms with Crippen LogP contribution in [0.25, 0.3) is 0 Å². The summed E-state index contributed by atoms with van der Waals surface area (Å²) in [7, 11) is 0. The number of hydrogen-bond donors (Lipinski definition) is 0. The minimum atomic E-state index is 0.342. The maximum atomic E-state index is 3.60. The van der Waals surface area contributed by atoms with Crippen LogP contribution in [0, 0.1) is 5.92 Å². The van der Waals surface area contributed by atoms with Gasteiger partial charge >= 0.3 is 0 Å². The second kappa shape index (κ2) is 2.91. The molecule has 0 amide bonds. The van der Waals surface area contributed by atoms with Gasteiger partial charge in [0.1, 0.15) is 0 Å². The molecular weight excluding hydrogens is 244 g/mol. The Kier molecular flexibility index (Phi) is 2.61. The van der Waals surface area contributed by atoms with E-state index < -0.39 is 0 Å². The van der Waals surface area contributed by atoms with Crippen LogP contribution in [-0.4, -0.2) is 3.23 Å². The highest BCUT2D eigenvalue weighted by atomic mass is 79.9. The maximum absolute atomic E-state index is 3.60. The number of alkyl halides is 2. The van der Waals surface area contributed by atoms with E-state index in [4.69, 9.17) is 0 Å². The lowest BCUT2D eigenvalue weighted by Gasteiger charge is -1.96. The fourth-order valence-electron chi connectivity index (χ4n) is 1.03. The minimum absolute atomic E-state index is 0.342. The SMILES string of the molecule is CCCC[C@H]1CC1(Br)Br. The van der Waals surface area contributed by atoms with Crippen LogP contribution in [0.2, 0.25) is 0 Å².